The van der Waals surface area contributed by atoms with Crippen LogP contribution in [0.5, 0.6) is 0 Å². The molecule has 0 radical (unpaired) electrons. The fourth-order valence-electron chi connectivity index (χ4n) is 1.78. The molecule has 1 aliphatic rings. The van der Waals surface area contributed by atoms with E-state index in [1.54, 1.807) is 0 Å². The van der Waals surface area contributed by atoms with Crippen LogP contribution in [0, 0.1) is 0 Å². The zero-order valence-corrected chi connectivity index (χ0v) is 8.16. The normalized spacial score (nSPS) is 23.0. The van der Waals surface area contributed by atoms with Gasteiger partial charge in [0.1, 0.15) is 0 Å². The summed E-state index contributed by atoms with van der Waals surface area (Å²) < 4.78 is 0. The molecule has 0 unspecified atom stereocenters. The predicted octanol–water partition coefficient (Wildman–Crippen LogP) is 3.03. The standard InChI is InChI=1S/C9H19P/c1-10(2,3)9-7-5-4-6-8-9/h9H,1,4-8H2,2-3H3. The Bertz CT molecular complexity index is 137. The van der Waals surface area contributed by atoms with E-state index in [2.05, 4.69) is 19.6 Å². The molecule has 0 aliphatic heterocycles. The summed E-state index contributed by atoms with van der Waals surface area (Å²) >= 11 is 0. The second-order valence-corrected chi connectivity index (χ2v) is 8.36. The summed E-state index contributed by atoms with van der Waals surface area (Å²) in [6, 6.07) is 0. The summed E-state index contributed by atoms with van der Waals surface area (Å²) in [7, 11) is 0. The lowest BCUT2D eigenvalue weighted by Gasteiger charge is -2.29. The Hall–Kier alpha value is 0.300. The fraction of sp³-hybridized carbons (Fsp3) is 0.889. The van der Waals surface area contributed by atoms with Gasteiger partial charge >= 0.3 is 0 Å². The number of rotatable bonds is 1. The van der Waals surface area contributed by atoms with Gasteiger partial charge in [-0.15, -0.1) is 13.2 Å². The van der Waals surface area contributed by atoms with Crippen molar-refractivity contribution in [3.8, 4) is 0 Å². The molecule has 1 saturated carbocycles. The van der Waals surface area contributed by atoms with Gasteiger partial charge in [0.05, 0.1) is 0 Å². The quantitative estimate of drug-likeness (QED) is 0.514. The van der Waals surface area contributed by atoms with Gasteiger partial charge in [-0.2, -0.15) is 0 Å². The third-order valence-electron chi connectivity index (χ3n) is 2.56. The van der Waals surface area contributed by atoms with Crippen LogP contribution in [0.25, 0.3) is 0 Å². The molecular weight excluding hydrogens is 139 g/mol. The average molecular weight is 158 g/mol. The first-order valence-corrected chi connectivity index (χ1v) is 7.22. The van der Waals surface area contributed by atoms with Crippen LogP contribution in [0.1, 0.15) is 32.1 Å². The highest BCUT2D eigenvalue weighted by atomic mass is 31.2. The molecule has 0 amide bonds. The lowest BCUT2D eigenvalue weighted by Crippen LogP contribution is -2.11. The first-order valence-electron chi connectivity index (χ1n) is 4.29. The molecule has 0 aromatic rings. The van der Waals surface area contributed by atoms with Crippen molar-refractivity contribution in [2.45, 2.75) is 37.8 Å². The third-order valence-corrected chi connectivity index (χ3v) is 5.06. The van der Waals surface area contributed by atoms with Crippen molar-refractivity contribution in [3.05, 3.63) is 0 Å². The van der Waals surface area contributed by atoms with E-state index < -0.39 is 6.89 Å². The van der Waals surface area contributed by atoms with Crippen molar-refractivity contribution in [2.75, 3.05) is 13.3 Å². The van der Waals surface area contributed by atoms with Gasteiger partial charge in [-0.05, 0) is 31.8 Å². The monoisotopic (exact) mass is 158 g/mol. The predicted molar refractivity (Wildman–Crippen MR) is 52.8 cm³/mol. The highest BCUT2D eigenvalue weighted by Gasteiger charge is 2.19. The van der Waals surface area contributed by atoms with Crippen molar-refractivity contribution in [1.29, 1.82) is 0 Å². The maximum Gasteiger partial charge on any atom is -0.0220 e. The molecular formula is C9H19P. The molecule has 0 heterocycles. The molecule has 0 aromatic carbocycles. The third kappa shape index (κ3) is 2.16. The molecule has 1 heteroatoms. The highest BCUT2D eigenvalue weighted by Crippen LogP contribution is 2.48. The summed E-state index contributed by atoms with van der Waals surface area (Å²) in [6.07, 6.45) is 11.6. The Morgan fingerprint density at radius 1 is 1.10 bits per heavy atom. The molecule has 10 heavy (non-hydrogen) atoms. The summed E-state index contributed by atoms with van der Waals surface area (Å²) in [5.41, 5.74) is 1.00. The topological polar surface area (TPSA) is 0 Å². The first-order chi connectivity index (χ1) is 4.61. The van der Waals surface area contributed by atoms with Crippen LogP contribution in [0.4, 0.5) is 0 Å². The van der Waals surface area contributed by atoms with Gasteiger partial charge < -0.3 is 0 Å². The molecule has 0 spiro atoms. The molecule has 0 N–H and O–H groups in total. The second-order valence-electron chi connectivity index (χ2n) is 4.07. The van der Waals surface area contributed by atoms with E-state index in [0.29, 0.717) is 0 Å². The Labute approximate surface area is 65.0 Å². The second kappa shape index (κ2) is 3.13. The zero-order chi connectivity index (χ0) is 7.61. The Balaban J connectivity index is 2.47. The summed E-state index contributed by atoms with van der Waals surface area (Å²) in [5.74, 6) is 0. The van der Waals surface area contributed by atoms with Crippen molar-refractivity contribution in [3.63, 3.8) is 0 Å². The molecule has 1 fully saturated rings. The summed E-state index contributed by atoms with van der Waals surface area (Å²) in [4.78, 5) is 0. The van der Waals surface area contributed by atoms with Gasteiger partial charge in [-0.1, -0.05) is 19.3 Å². The Kier molecular flexibility index (Phi) is 2.63. The molecule has 1 aliphatic carbocycles. The lowest BCUT2D eigenvalue weighted by molar-refractivity contribution is 0.511. The van der Waals surface area contributed by atoms with Crippen LogP contribution >= 0.6 is 6.89 Å². The van der Waals surface area contributed by atoms with E-state index in [-0.39, 0.29) is 0 Å². The molecule has 0 aromatic heterocycles. The van der Waals surface area contributed by atoms with Gasteiger partial charge in [-0.3, -0.25) is 0 Å². The van der Waals surface area contributed by atoms with E-state index in [1.807, 2.05) is 0 Å². The minimum absolute atomic E-state index is 0.741. The average Bonchev–Trinajstić information content (AvgIpc) is 1.88. The lowest BCUT2D eigenvalue weighted by atomic mass is 10.0. The zero-order valence-electron chi connectivity index (χ0n) is 7.27. The maximum absolute atomic E-state index is 4.31. The largest absolute Gasteiger partial charge is 0.115 e. The van der Waals surface area contributed by atoms with Crippen LogP contribution in [0.3, 0.4) is 0 Å². The SMILES string of the molecule is C=P(C)(C)C1CCCCC1. The van der Waals surface area contributed by atoms with Crippen LogP contribution in [0.15, 0.2) is 0 Å². The molecule has 0 nitrogen and oxygen atoms in total. The number of hydrogen-bond donors (Lipinski definition) is 0. The van der Waals surface area contributed by atoms with Gasteiger partial charge in [0.25, 0.3) is 0 Å². The van der Waals surface area contributed by atoms with Gasteiger partial charge in [0.15, 0.2) is 0 Å². The van der Waals surface area contributed by atoms with Crippen LogP contribution in [-0.2, 0) is 0 Å². The van der Waals surface area contributed by atoms with Crippen molar-refractivity contribution >= 4 is 13.2 Å². The maximum atomic E-state index is 4.31. The Morgan fingerprint density at radius 2 is 1.60 bits per heavy atom. The minimum Gasteiger partial charge on any atom is -0.115 e. The van der Waals surface area contributed by atoms with Gasteiger partial charge in [-0.25, -0.2) is 0 Å². The van der Waals surface area contributed by atoms with Gasteiger partial charge in [0.2, 0.25) is 0 Å². The van der Waals surface area contributed by atoms with E-state index in [9.17, 15) is 0 Å². The van der Waals surface area contributed by atoms with Crippen molar-refractivity contribution in [2.24, 2.45) is 0 Å². The van der Waals surface area contributed by atoms with E-state index >= 15 is 0 Å². The summed E-state index contributed by atoms with van der Waals surface area (Å²) in [5, 5.41) is 0. The van der Waals surface area contributed by atoms with E-state index in [4.69, 9.17) is 0 Å². The fourth-order valence-corrected chi connectivity index (χ4v) is 3.54. The minimum atomic E-state index is -0.741. The molecule has 1 rings (SSSR count). The Morgan fingerprint density at radius 3 is 1.90 bits per heavy atom. The summed E-state index contributed by atoms with van der Waals surface area (Å²) in [6.45, 7) is 4.01. The molecule has 0 saturated heterocycles. The van der Waals surface area contributed by atoms with Crippen molar-refractivity contribution < 1.29 is 0 Å². The van der Waals surface area contributed by atoms with E-state index in [1.165, 1.54) is 32.1 Å². The number of hydrogen-bond acceptors (Lipinski definition) is 0. The highest BCUT2D eigenvalue weighted by molar-refractivity contribution is 7.72. The first kappa shape index (κ1) is 8.40. The smallest absolute Gasteiger partial charge is 0.0220 e. The van der Waals surface area contributed by atoms with Crippen LogP contribution < -0.4 is 0 Å². The molecule has 60 valence electrons. The van der Waals surface area contributed by atoms with Crippen LogP contribution in [0.2, 0.25) is 0 Å². The molecule has 0 atom stereocenters. The van der Waals surface area contributed by atoms with Crippen LogP contribution in [-0.4, -0.2) is 25.3 Å². The van der Waals surface area contributed by atoms with Crippen molar-refractivity contribution in [1.82, 2.24) is 0 Å². The van der Waals surface area contributed by atoms with E-state index in [0.717, 1.165) is 5.66 Å². The van der Waals surface area contributed by atoms with Gasteiger partial charge in [0, 0.05) is 0 Å². The molecule has 0 bridgehead atoms.